The summed E-state index contributed by atoms with van der Waals surface area (Å²) >= 11 is 0. The predicted molar refractivity (Wildman–Crippen MR) is 226 cm³/mol. The van der Waals surface area contributed by atoms with Crippen LogP contribution in [0.2, 0.25) is 0 Å². The first-order chi connectivity index (χ1) is 26.1. The first-order valence-corrected chi connectivity index (χ1v) is 18.4. The minimum Gasteiger partial charge on any atom is -0.308 e. The summed E-state index contributed by atoms with van der Waals surface area (Å²) in [7, 11) is 0. The lowest BCUT2D eigenvalue weighted by molar-refractivity contribution is 0.632. The average Bonchev–Trinajstić information content (AvgIpc) is 3.21. The Morgan fingerprint density at radius 1 is 0.396 bits per heavy atom. The van der Waals surface area contributed by atoms with Crippen molar-refractivity contribution in [3.63, 3.8) is 0 Å². The first kappa shape index (κ1) is 31.1. The topological polar surface area (TPSA) is 6.48 Å². The molecule has 0 aliphatic carbocycles. The maximum Gasteiger partial charge on any atom is 0.0781 e. The van der Waals surface area contributed by atoms with Gasteiger partial charge in [0.25, 0.3) is 0 Å². The Kier molecular flexibility index (Phi) is 7.19. The molecule has 9 aromatic carbocycles. The molecule has 0 atom stereocenters. The van der Waals surface area contributed by atoms with Gasteiger partial charge in [-0.15, -0.1) is 0 Å². The highest BCUT2D eigenvalue weighted by atomic mass is 15.2. The van der Waals surface area contributed by atoms with Crippen LogP contribution in [-0.4, -0.2) is 0 Å². The zero-order valence-electron chi connectivity index (χ0n) is 29.9. The molecule has 0 radical (unpaired) electrons. The van der Waals surface area contributed by atoms with Crippen LogP contribution in [0.5, 0.6) is 0 Å². The molecule has 0 saturated carbocycles. The Morgan fingerprint density at radius 3 is 1.85 bits per heavy atom. The third-order valence-corrected chi connectivity index (χ3v) is 11.2. The maximum atomic E-state index is 2.55. The Labute approximate surface area is 310 Å². The molecule has 0 N–H and O–H groups in total. The van der Waals surface area contributed by atoms with Crippen LogP contribution in [0.4, 0.5) is 34.1 Å². The van der Waals surface area contributed by atoms with Crippen LogP contribution >= 0.6 is 0 Å². The van der Waals surface area contributed by atoms with Gasteiger partial charge in [-0.3, -0.25) is 0 Å². The summed E-state index contributed by atoms with van der Waals surface area (Å²) < 4.78 is 0. The summed E-state index contributed by atoms with van der Waals surface area (Å²) in [5.41, 5.74) is 11.7. The van der Waals surface area contributed by atoms with E-state index in [-0.39, 0.29) is 5.41 Å². The van der Waals surface area contributed by atoms with E-state index in [1.807, 2.05) is 0 Å². The monoisotopic (exact) mass is 678 g/mol. The first-order valence-electron chi connectivity index (χ1n) is 18.4. The van der Waals surface area contributed by atoms with E-state index >= 15 is 0 Å². The molecule has 53 heavy (non-hydrogen) atoms. The number of para-hydroxylation sites is 1. The molecule has 0 amide bonds. The van der Waals surface area contributed by atoms with Crippen molar-refractivity contribution < 1.29 is 0 Å². The molecular formula is C51H38N2. The van der Waals surface area contributed by atoms with E-state index in [9.17, 15) is 0 Å². The lowest BCUT2D eigenvalue weighted by Crippen LogP contribution is -2.31. The minimum absolute atomic E-state index is 0.212. The molecule has 0 bridgehead atoms. The van der Waals surface area contributed by atoms with Crippen molar-refractivity contribution in [1.29, 1.82) is 0 Å². The molecule has 1 heterocycles. The van der Waals surface area contributed by atoms with Gasteiger partial charge in [-0.05, 0) is 80.2 Å². The highest BCUT2D eigenvalue weighted by molar-refractivity contribution is 6.11. The Hall–Kier alpha value is -6.64. The number of anilines is 6. The summed E-state index contributed by atoms with van der Waals surface area (Å²) in [5.74, 6) is 0. The minimum atomic E-state index is -0.212. The third kappa shape index (κ3) is 5.02. The fourth-order valence-corrected chi connectivity index (χ4v) is 8.55. The number of benzene rings is 9. The van der Waals surface area contributed by atoms with Crippen molar-refractivity contribution in [2.75, 3.05) is 9.80 Å². The van der Waals surface area contributed by atoms with Crippen LogP contribution in [0, 0.1) is 0 Å². The van der Waals surface area contributed by atoms with Gasteiger partial charge in [-0.25, -0.2) is 0 Å². The number of hydrogen-bond donors (Lipinski definition) is 0. The smallest absolute Gasteiger partial charge is 0.0781 e. The molecule has 0 fully saturated rings. The molecule has 1 aliphatic heterocycles. The van der Waals surface area contributed by atoms with Crippen molar-refractivity contribution in [1.82, 2.24) is 0 Å². The van der Waals surface area contributed by atoms with Gasteiger partial charge in [0, 0.05) is 21.9 Å². The van der Waals surface area contributed by atoms with Gasteiger partial charge < -0.3 is 9.80 Å². The standard InChI is InChI=1S/C51H38N2/c1-51(2)44-24-12-13-25-47(44)53(49-34-40(28-31-45(49)51)35-15-4-3-5-16-35)50-43-23-11-9-19-38(43)29-32-48(50)52(41-30-27-36-17-6-7-20-39(36)33-41)46-26-14-21-37-18-8-10-22-42(37)46/h3-34H,1-2H3. The number of rotatable bonds is 5. The molecule has 2 heteroatoms. The normalized spacial score (nSPS) is 13.2. The molecule has 0 unspecified atom stereocenters. The number of nitrogens with zero attached hydrogens (tertiary/aromatic N) is 2. The van der Waals surface area contributed by atoms with E-state index < -0.39 is 0 Å². The summed E-state index contributed by atoms with van der Waals surface area (Å²) in [5, 5.41) is 7.24. The quantitative estimate of drug-likeness (QED) is 0.179. The fraction of sp³-hybridized carbons (Fsp3) is 0.0588. The molecular weight excluding hydrogens is 641 g/mol. The molecule has 10 rings (SSSR count). The summed E-state index contributed by atoms with van der Waals surface area (Å²) in [6.07, 6.45) is 0. The van der Waals surface area contributed by atoms with Gasteiger partial charge in [0.2, 0.25) is 0 Å². The molecule has 2 nitrogen and oxygen atoms in total. The second kappa shape index (κ2) is 12.3. The van der Waals surface area contributed by atoms with Crippen molar-refractivity contribution in [2.24, 2.45) is 0 Å². The molecule has 252 valence electrons. The average molecular weight is 679 g/mol. The van der Waals surface area contributed by atoms with Gasteiger partial charge in [0.15, 0.2) is 0 Å². The second-order valence-corrected chi connectivity index (χ2v) is 14.6. The van der Waals surface area contributed by atoms with E-state index in [0.717, 1.165) is 22.7 Å². The number of fused-ring (bicyclic) bond motifs is 5. The van der Waals surface area contributed by atoms with Crippen molar-refractivity contribution in [3.05, 3.63) is 205 Å². The van der Waals surface area contributed by atoms with Crippen LogP contribution in [-0.2, 0) is 5.41 Å². The molecule has 9 aromatic rings. The van der Waals surface area contributed by atoms with E-state index in [0.29, 0.717) is 0 Å². The van der Waals surface area contributed by atoms with Gasteiger partial charge in [0.1, 0.15) is 0 Å². The van der Waals surface area contributed by atoms with Crippen LogP contribution in [0.15, 0.2) is 194 Å². The van der Waals surface area contributed by atoms with Gasteiger partial charge in [-0.2, -0.15) is 0 Å². The molecule has 0 saturated heterocycles. The summed E-state index contributed by atoms with van der Waals surface area (Å²) in [6, 6.07) is 71.2. The van der Waals surface area contributed by atoms with E-state index in [1.165, 1.54) is 65.9 Å². The summed E-state index contributed by atoms with van der Waals surface area (Å²) in [6.45, 7) is 4.73. The Balaban J connectivity index is 1.33. The molecule has 0 spiro atoms. The zero-order valence-corrected chi connectivity index (χ0v) is 29.9. The van der Waals surface area contributed by atoms with Gasteiger partial charge >= 0.3 is 0 Å². The van der Waals surface area contributed by atoms with Crippen LogP contribution < -0.4 is 9.80 Å². The van der Waals surface area contributed by atoms with Crippen molar-refractivity contribution >= 4 is 66.4 Å². The third-order valence-electron chi connectivity index (χ3n) is 11.2. The molecule has 0 aromatic heterocycles. The van der Waals surface area contributed by atoms with E-state index in [1.54, 1.807) is 0 Å². The fourth-order valence-electron chi connectivity index (χ4n) is 8.55. The highest BCUT2D eigenvalue weighted by Gasteiger charge is 2.38. The zero-order chi connectivity index (χ0) is 35.5. The molecule has 1 aliphatic rings. The SMILES string of the molecule is CC1(C)c2ccccc2N(c2c(N(c3ccc4ccccc4c3)c3cccc4ccccc34)ccc3ccccc23)c2cc(-c3ccccc3)ccc21. The lowest BCUT2D eigenvalue weighted by Gasteiger charge is -2.44. The van der Waals surface area contributed by atoms with Crippen LogP contribution in [0.1, 0.15) is 25.0 Å². The highest BCUT2D eigenvalue weighted by Crippen LogP contribution is 2.57. The largest absolute Gasteiger partial charge is 0.308 e. The van der Waals surface area contributed by atoms with Crippen LogP contribution in [0.25, 0.3) is 43.4 Å². The van der Waals surface area contributed by atoms with Crippen LogP contribution in [0.3, 0.4) is 0 Å². The summed E-state index contributed by atoms with van der Waals surface area (Å²) in [4.78, 5) is 5.04. The Morgan fingerprint density at radius 2 is 1.02 bits per heavy atom. The van der Waals surface area contributed by atoms with Crippen molar-refractivity contribution in [2.45, 2.75) is 19.3 Å². The van der Waals surface area contributed by atoms with Gasteiger partial charge in [-0.1, -0.05) is 172 Å². The van der Waals surface area contributed by atoms with Crippen molar-refractivity contribution in [3.8, 4) is 11.1 Å². The van der Waals surface area contributed by atoms with Gasteiger partial charge in [0.05, 0.1) is 28.4 Å². The van der Waals surface area contributed by atoms with E-state index in [4.69, 9.17) is 0 Å². The second-order valence-electron chi connectivity index (χ2n) is 14.6. The number of hydrogen-bond acceptors (Lipinski definition) is 2. The maximum absolute atomic E-state index is 2.55. The Bertz CT molecular complexity index is 2830. The predicted octanol–water partition coefficient (Wildman–Crippen LogP) is 14.4. The lowest BCUT2D eigenvalue weighted by atomic mass is 9.73. The van der Waals surface area contributed by atoms with E-state index in [2.05, 4.69) is 218 Å².